The molecular formula is C87H64N4O2. The predicted molar refractivity (Wildman–Crippen MR) is 389 cm³/mol. The summed E-state index contributed by atoms with van der Waals surface area (Å²) in [6, 6.07) is 113. The summed E-state index contributed by atoms with van der Waals surface area (Å²) < 4.78 is 6.95. The number of hydrogen-bond donors (Lipinski definition) is 0. The van der Waals surface area contributed by atoms with E-state index < -0.39 is 0 Å². The first kappa shape index (κ1) is 55.3. The number of fused-ring (bicyclic) bond motifs is 8. The Hall–Kier alpha value is -11.7. The Morgan fingerprint density at radius 2 is 0.591 bits per heavy atom. The Bertz CT molecular complexity index is 5090. The third kappa shape index (κ3) is 8.96. The number of rotatable bonds is 10. The van der Waals surface area contributed by atoms with Gasteiger partial charge in [-0.15, -0.1) is 0 Å². The van der Waals surface area contributed by atoms with Crippen molar-refractivity contribution in [3.63, 3.8) is 0 Å². The highest BCUT2D eigenvalue weighted by Gasteiger charge is 2.40. The summed E-state index contributed by atoms with van der Waals surface area (Å²) >= 11 is 0. The van der Waals surface area contributed by atoms with E-state index in [4.69, 9.17) is 4.42 Å². The van der Waals surface area contributed by atoms with Gasteiger partial charge in [0.1, 0.15) is 11.2 Å². The van der Waals surface area contributed by atoms with E-state index in [1.165, 1.54) is 22.3 Å². The van der Waals surface area contributed by atoms with Gasteiger partial charge in [0.25, 0.3) is 0 Å². The maximum absolute atomic E-state index is 14.7. The van der Waals surface area contributed by atoms with E-state index in [1.54, 1.807) is 0 Å². The topological polar surface area (TPSA) is 43.2 Å². The average molecular weight is 1200 g/mol. The quantitative estimate of drug-likeness (QED) is 0.127. The minimum Gasteiger partial charge on any atom is -0.456 e. The van der Waals surface area contributed by atoms with Crippen molar-refractivity contribution in [2.45, 2.75) is 38.5 Å². The van der Waals surface area contributed by atoms with Gasteiger partial charge in [0.2, 0.25) is 5.43 Å². The molecule has 0 fully saturated rings. The molecule has 6 heteroatoms. The lowest BCUT2D eigenvalue weighted by molar-refractivity contribution is 0.632. The van der Waals surface area contributed by atoms with Gasteiger partial charge in [-0.1, -0.05) is 210 Å². The molecule has 0 N–H and O–H groups in total. The maximum atomic E-state index is 14.7. The molecule has 0 atom stereocenters. The van der Waals surface area contributed by atoms with Crippen LogP contribution in [0, 0.1) is 0 Å². The minimum atomic E-state index is -0.320. The van der Waals surface area contributed by atoms with E-state index in [0.29, 0.717) is 21.9 Å². The maximum Gasteiger partial charge on any atom is 0.200 e. The minimum absolute atomic E-state index is 0.0573. The molecule has 1 aromatic heterocycles. The standard InChI is InChI=1S/C87H64N4O2/c1-86(2)73-37-21-23-39-79(73)90(81-49-43-63(55-75(81)86)88(59-25-9-5-10-26-59)60-27-11-6-12-28-60)77-51-47-65(67-33-17-19-35-69(67)77)57-41-45-71-83(53-57)93-84-54-58(42-46-72(84)85(71)92)66-48-52-78(70-36-20-18-34-68(66)70)91-80-40-24-22-38-74(80)87(3,4)76-56-64(44-50-82(76)91)89(61-29-13-7-14-30-61)62-31-15-8-16-32-62/h5-56H,1-4H3. The highest BCUT2D eigenvalue weighted by atomic mass is 16.3. The number of para-hydroxylation sites is 6. The molecule has 0 unspecified atom stereocenters. The van der Waals surface area contributed by atoms with Crippen LogP contribution in [0.3, 0.4) is 0 Å². The molecule has 15 aromatic rings. The molecule has 0 aliphatic carbocycles. The second kappa shape index (κ2) is 21.8. The van der Waals surface area contributed by atoms with Gasteiger partial charge >= 0.3 is 0 Å². The monoisotopic (exact) mass is 1200 g/mol. The summed E-state index contributed by atoms with van der Waals surface area (Å²) in [6.45, 7) is 9.39. The van der Waals surface area contributed by atoms with Crippen molar-refractivity contribution < 1.29 is 4.42 Å². The predicted octanol–water partition coefficient (Wildman–Crippen LogP) is 23.7. The van der Waals surface area contributed by atoms with Crippen LogP contribution in [-0.4, -0.2) is 0 Å². The molecule has 2 aliphatic rings. The molecule has 17 rings (SSSR count). The van der Waals surface area contributed by atoms with Crippen LogP contribution in [0.25, 0.3) is 65.7 Å². The van der Waals surface area contributed by atoms with Crippen molar-refractivity contribution in [3.8, 4) is 22.3 Å². The summed E-state index contributed by atoms with van der Waals surface area (Å²) in [5, 5.41) is 5.50. The lowest BCUT2D eigenvalue weighted by Crippen LogP contribution is -2.31. The zero-order chi connectivity index (χ0) is 62.5. The van der Waals surface area contributed by atoms with Gasteiger partial charge in [0.15, 0.2) is 0 Å². The Balaban J connectivity index is 0.749. The van der Waals surface area contributed by atoms with Crippen LogP contribution in [0.15, 0.2) is 325 Å². The summed E-state index contributed by atoms with van der Waals surface area (Å²) in [5.74, 6) is 0. The Morgan fingerprint density at radius 1 is 0.269 bits per heavy atom. The van der Waals surface area contributed by atoms with E-state index in [0.717, 1.165) is 112 Å². The Morgan fingerprint density at radius 3 is 0.978 bits per heavy atom. The fourth-order valence-electron chi connectivity index (χ4n) is 15.0. The van der Waals surface area contributed by atoms with Gasteiger partial charge in [-0.25, -0.2) is 0 Å². The third-order valence-electron chi connectivity index (χ3n) is 19.6. The van der Waals surface area contributed by atoms with Crippen molar-refractivity contribution in [2.75, 3.05) is 19.6 Å². The average Bonchev–Trinajstić information content (AvgIpc) is 0.734. The normalized spacial score (nSPS) is 13.5. The molecule has 0 spiro atoms. The number of hydrogen-bond acceptors (Lipinski definition) is 6. The van der Waals surface area contributed by atoms with Gasteiger partial charge in [-0.05, 0) is 189 Å². The molecule has 14 aromatic carbocycles. The van der Waals surface area contributed by atoms with E-state index >= 15 is 0 Å². The van der Waals surface area contributed by atoms with E-state index in [9.17, 15) is 4.79 Å². The molecular weight excluding hydrogens is 1130 g/mol. The summed E-state index contributed by atoms with van der Waals surface area (Å²) in [4.78, 5) is 24.3. The van der Waals surface area contributed by atoms with Crippen molar-refractivity contribution >= 4 is 112 Å². The molecule has 0 saturated carbocycles. The van der Waals surface area contributed by atoms with Crippen molar-refractivity contribution in [2.24, 2.45) is 0 Å². The first-order chi connectivity index (χ1) is 45.6. The molecule has 93 heavy (non-hydrogen) atoms. The molecule has 0 amide bonds. The Kier molecular flexibility index (Phi) is 12.9. The van der Waals surface area contributed by atoms with E-state index in [-0.39, 0.29) is 16.3 Å². The van der Waals surface area contributed by atoms with Gasteiger partial charge in [-0.2, -0.15) is 0 Å². The summed E-state index contributed by atoms with van der Waals surface area (Å²) in [7, 11) is 0. The highest BCUT2D eigenvalue weighted by Crippen LogP contribution is 2.57. The van der Waals surface area contributed by atoms with Crippen molar-refractivity contribution in [1.29, 1.82) is 0 Å². The molecule has 0 radical (unpaired) electrons. The highest BCUT2D eigenvalue weighted by molar-refractivity contribution is 6.10. The van der Waals surface area contributed by atoms with Crippen LogP contribution in [0.1, 0.15) is 49.9 Å². The molecule has 0 saturated heterocycles. The van der Waals surface area contributed by atoms with Gasteiger partial charge in [-0.3, -0.25) is 4.79 Å². The zero-order valence-corrected chi connectivity index (χ0v) is 52.1. The number of benzene rings is 14. The van der Waals surface area contributed by atoms with Crippen LogP contribution < -0.4 is 25.0 Å². The van der Waals surface area contributed by atoms with Crippen LogP contribution in [0.2, 0.25) is 0 Å². The second-order valence-electron chi connectivity index (χ2n) is 25.6. The SMILES string of the molecule is CC1(C)c2ccccc2N(c2ccc(-c3ccc4c(=O)c5ccc(-c6ccc(N7c8ccccc8C(C)(C)c8cc(N(c9ccccc9)c9ccccc9)ccc87)c7ccccc67)cc5oc4c3)c3ccccc23)c2ccc(N(c3ccccc3)c3ccccc3)cc21. The van der Waals surface area contributed by atoms with Crippen LogP contribution in [-0.2, 0) is 10.8 Å². The fraction of sp³-hybridized carbons (Fsp3) is 0.0690. The van der Waals surface area contributed by atoms with Crippen molar-refractivity contribution in [3.05, 3.63) is 348 Å². The smallest absolute Gasteiger partial charge is 0.200 e. The lowest BCUT2D eigenvalue weighted by atomic mass is 9.73. The summed E-state index contributed by atoms with van der Waals surface area (Å²) in [6.07, 6.45) is 0. The van der Waals surface area contributed by atoms with Crippen LogP contribution in [0.4, 0.5) is 68.2 Å². The van der Waals surface area contributed by atoms with Gasteiger partial charge < -0.3 is 24.0 Å². The first-order valence-electron chi connectivity index (χ1n) is 32.0. The van der Waals surface area contributed by atoms with E-state index in [1.807, 2.05) is 12.1 Å². The molecule has 444 valence electrons. The first-order valence-corrected chi connectivity index (χ1v) is 32.0. The second-order valence-corrected chi connectivity index (χ2v) is 25.6. The molecule has 0 bridgehead atoms. The van der Waals surface area contributed by atoms with Gasteiger partial charge in [0.05, 0.1) is 44.9 Å². The van der Waals surface area contributed by atoms with Crippen LogP contribution in [0.5, 0.6) is 0 Å². The van der Waals surface area contributed by atoms with Gasteiger partial charge in [0, 0.05) is 55.7 Å². The van der Waals surface area contributed by atoms with Crippen molar-refractivity contribution in [1.82, 2.24) is 0 Å². The number of anilines is 12. The number of nitrogens with zero attached hydrogens (tertiary/aromatic N) is 4. The molecule has 6 nitrogen and oxygen atoms in total. The van der Waals surface area contributed by atoms with Crippen LogP contribution >= 0.6 is 0 Å². The lowest BCUT2D eigenvalue weighted by Gasteiger charge is -2.43. The largest absolute Gasteiger partial charge is 0.456 e. The Labute approximate surface area is 541 Å². The fourth-order valence-corrected chi connectivity index (χ4v) is 15.0. The molecule has 2 aliphatic heterocycles. The third-order valence-corrected chi connectivity index (χ3v) is 19.6. The van der Waals surface area contributed by atoms with E-state index in [2.05, 4.69) is 351 Å². The molecule has 3 heterocycles. The summed E-state index contributed by atoms with van der Waals surface area (Å²) in [5.41, 5.74) is 22.7. The zero-order valence-electron chi connectivity index (χ0n) is 52.1.